The number of carboxylic acid groups (broad SMARTS) is 1. The van der Waals surface area contributed by atoms with Crippen LogP contribution in [-0.2, 0) is 9.59 Å². The molecular formula is C18H24FNO3. The average Bonchev–Trinajstić information content (AvgIpc) is 2.99. The highest BCUT2D eigenvalue weighted by Gasteiger charge is 2.25. The molecule has 1 aromatic rings. The van der Waals surface area contributed by atoms with Crippen LogP contribution in [0.1, 0.15) is 57.1 Å². The van der Waals surface area contributed by atoms with Crippen LogP contribution in [0.4, 0.5) is 4.39 Å². The van der Waals surface area contributed by atoms with E-state index in [1.807, 2.05) is 6.92 Å². The number of nitrogens with one attached hydrogen (secondary N) is 1. The molecule has 0 bridgehead atoms. The molecule has 1 aliphatic rings. The molecule has 23 heavy (non-hydrogen) atoms. The maximum atomic E-state index is 13.0. The number of carboxylic acids is 1. The van der Waals surface area contributed by atoms with Crippen molar-refractivity contribution in [1.29, 1.82) is 0 Å². The Morgan fingerprint density at radius 1 is 1.26 bits per heavy atom. The summed E-state index contributed by atoms with van der Waals surface area (Å²) in [7, 11) is 0. The molecular weight excluding hydrogens is 297 g/mol. The van der Waals surface area contributed by atoms with Gasteiger partial charge in [-0.15, -0.1) is 0 Å². The van der Waals surface area contributed by atoms with E-state index in [0.29, 0.717) is 11.5 Å². The van der Waals surface area contributed by atoms with Gasteiger partial charge in [-0.3, -0.25) is 9.59 Å². The molecule has 2 N–H and O–H groups in total. The summed E-state index contributed by atoms with van der Waals surface area (Å²) >= 11 is 0. The van der Waals surface area contributed by atoms with E-state index in [1.54, 1.807) is 0 Å². The molecule has 2 unspecified atom stereocenters. The van der Waals surface area contributed by atoms with E-state index in [4.69, 9.17) is 5.11 Å². The van der Waals surface area contributed by atoms with Crippen molar-refractivity contribution >= 4 is 11.9 Å². The van der Waals surface area contributed by atoms with Crippen molar-refractivity contribution in [2.24, 2.45) is 11.8 Å². The van der Waals surface area contributed by atoms with Crippen LogP contribution in [0.5, 0.6) is 0 Å². The van der Waals surface area contributed by atoms with Crippen molar-refractivity contribution in [3.05, 3.63) is 35.6 Å². The van der Waals surface area contributed by atoms with Crippen LogP contribution in [0.25, 0.3) is 0 Å². The number of hydrogen-bond donors (Lipinski definition) is 2. The van der Waals surface area contributed by atoms with Gasteiger partial charge in [0.05, 0.1) is 12.5 Å². The molecule has 1 aromatic carbocycles. The number of amides is 1. The van der Waals surface area contributed by atoms with Gasteiger partial charge in [0.25, 0.3) is 0 Å². The molecule has 1 fully saturated rings. The second-order valence-corrected chi connectivity index (χ2v) is 6.50. The maximum absolute atomic E-state index is 13.0. The highest BCUT2D eigenvalue weighted by molar-refractivity contribution is 5.79. The molecule has 5 heteroatoms. The number of carbonyl (C=O) groups excluding carboxylic acids is 1. The molecule has 0 aromatic heterocycles. The van der Waals surface area contributed by atoms with Crippen LogP contribution < -0.4 is 5.32 Å². The van der Waals surface area contributed by atoms with Crippen molar-refractivity contribution in [3.8, 4) is 0 Å². The molecule has 0 radical (unpaired) electrons. The van der Waals surface area contributed by atoms with Crippen molar-refractivity contribution in [2.75, 3.05) is 0 Å². The Labute approximate surface area is 136 Å². The molecule has 1 amide bonds. The van der Waals surface area contributed by atoms with Gasteiger partial charge >= 0.3 is 5.97 Å². The molecule has 2 atom stereocenters. The van der Waals surface area contributed by atoms with Gasteiger partial charge in [-0.2, -0.15) is 0 Å². The zero-order valence-corrected chi connectivity index (χ0v) is 13.4. The molecule has 4 nitrogen and oxygen atoms in total. The average molecular weight is 321 g/mol. The molecule has 0 heterocycles. The Morgan fingerprint density at radius 2 is 1.87 bits per heavy atom. The van der Waals surface area contributed by atoms with Gasteiger partial charge in [-0.05, 0) is 30.0 Å². The van der Waals surface area contributed by atoms with Gasteiger partial charge in [-0.1, -0.05) is 44.7 Å². The molecule has 126 valence electrons. The third-order valence-electron chi connectivity index (χ3n) is 4.58. The van der Waals surface area contributed by atoms with Gasteiger partial charge in [0.15, 0.2) is 0 Å². The summed E-state index contributed by atoms with van der Waals surface area (Å²) in [5.41, 5.74) is 0.607. The Hall–Kier alpha value is -1.91. The number of rotatable bonds is 7. The summed E-state index contributed by atoms with van der Waals surface area (Å²) in [6.07, 6.45) is 5.44. The molecule has 2 rings (SSSR count). The van der Waals surface area contributed by atoms with Crippen molar-refractivity contribution < 1.29 is 19.1 Å². The fraction of sp³-hybridized carbons (Fsp3) is 0.556. The van der Waals surface area contributed by atoms with Crippen LogP contribution in [0, 0.1) is 17.7 Å². The Morgan fingerprint density at radius 3 is 2.43 bits per heavy atom. The van der Waals surface area contributed by atoms with E-state index in [1.165, 1.54) is 49.9 Å². The summed E-state index contributed by atoms with van der Waals surface area (Å²) in [4.78, 5) is 23.4. The normalized spacial score (nSPS) is 17.7. The molecule has 0 saturated heterocycles. The zero-order chi connectivity index (χ0) is 16.8. The van der Waals surface area contributed by atoms with Gasteiger partial charge in [0.1, 0.15) is 5.82 Å². The van der Waals surface area contributed by atoms with Crippen molar-refractivity contribution in [3.63, 3.8) is 0 Å². The zero-order valence-electron chi connectivity index (χ0n) is 13.4. The lowest BCUT2D eigenvalue weighted by molar-refractivity contribution is -0.138. The van der Waals surface area contributed by atoms with Crippen LogP contribution in [0.15, 0.2) is 24.3 Å². The number of carbonyl (C=O) groups is 2. The molecule has 1 saturated carbocycles. The van der Waals surface area contributed by atoms with E-state index in [-0.39, 0.29) is 24.1 Å². The minimum Gasteiger partial charge on any atom is -0.481 e. The monoisotopic (exact) mass is 321 g/mol. The Balaban J connectivity index is 1.99. The van der Waals surface area contributed by atoms with E-state index in [2.05, 4.69) is 5.32 Å². The lowest BCUT2D eigenvalue weighted by atomic mass is 9.93. The summed E-state index contributed by atoms with van der Waals surface area (Å²) in [6, 6.07) is 4.96. The van der Waals surface area contributed by atoms with Crippen molar-refractivity contribution in [2.45, 2.75) is 51.5 Å². The highest BCUT2D eigenvalue weighted by atomic mass is 19.1. The fourth-order valence-corrected chi connectivity index (χ4v) is 3.29. The van der Waals surface area contributed by atoms with Gasteiger partial charge in [-0.25, -0.2) is 4.39 Å². The van der Waals surface area contributed by atoms with Gasteiger partial charge in [0.2, 0.25) is 5.91 Å². The highest BCUT2D eigenvalue weighted by Crippen LogP contribution is 2.30. The van der Waals surface area contributed by atoms with Crippen LogP contribution in [0.3, 0.4) is 0 Å². The maximum Gasteiger partial charge on any atom is 0.305 e. The van der Waals surface area contributed by atoms with E-state index >= 15 is 0 Å². The van der Waals surface area contributed by atoms with Crippen LogP contribution in [0.2, 0.25) is 0 Å². The molecule has 1 aliphatic carbocycles. The number of halogens is 1. The molecule has 0 aliphatic heterocycles. The quantitative estimate of drug-likeness (QED) is 0.805. The minimum absolute atomic E-state index is 0.132. The van der Waals surface area contributed by atoms with E-state index in [9.17, 15) is 14.0 Å². The van der Waals surface area contributed by atoms with Crippen LogP contribution >= 0.6 is 0 Å². The van der Waals surface area contributed by atoms with Gasteiger partial charge in [0, 0.05) is 5.92 Å². The van der Waals surface area contributed by atoms with Crippen molar-refractivity contribution in [1.82, 2.24) is 5.32 Å². The summed E-state index contributed by atoms with van der Waals surface area (Å²) in [5.74, 6) is -1.06. The topological polar surface area (TPSA) is 66.4 Å². The number of benzene rings is 1. The predicted octanol–water partition coefficient (Wildman–Crippen LogP) is 3.67. The Kier molecular flexibility index (Phi) is 6.13. The summed E-state index contributed by atoms with van der Waals surface area (Å²) < 4.78 is 13.0. The lowest BCUT2D eigenvalue weighted by Crippen LogP contribution is -2.34. The molecule has 0 spiro atoms. The predicted molar refractivity (Wildman–Crippen MR) is 85.3 cm³/mol. The van der Waals surface area contributed by atoms with E-state index < -0.39 is 12.0 Å². The van der Waals surface area contributed by atoms with Gasteiger partial charge < -0.3 is 10.4 Å². The standard InChI is InChI=1S/C18H24FNO3/c1-12(10-13-4-2-3-5-13)18(23)20-16(11-17(21)22)14-6-8-15(19)9-7-14/h6-9,12-13,16H,2-5,10-11H2,1H3,(H,20,23)(H,21,22). The SMILES string of the molecule is CC(CC1CCCC1)C(=O)NC(CC(=O)O)c1ccc(F)cc1. The first-order valence-corrected chi connectivity index (χ1v) is 8.23. The third kappa shape index (κ3) is 5.34. The first-order chi connectivity index (χ1) is 11.0. The fourth-order valence-electron chi connectivity index (χ4n) is 3.29. The first kappa shape index (κ1) is 17.4. The summed E-state index contributed by atoms with van der Waals surface area (Å²) in [5, 5.41) is 11.9. The second kappa shape index (κ2) is 8.09. The van der Waals surface area contributed by atoms with E-state index in [0.717, 1.165) is 6.42 Å². The Bertz CT molecular complexity index is 538. The third-order valence-corrected chi connectivity index (χ3v) is 4.58. The van der Waals surface area contributed by atoms with Crippen LogP contribution in [-0.4, -0.2) is 17.0 Å². The first-order valence-electron chi connectivity index (χ1n) is 8.23. The minimum atomic E-state index is -0.997. The smallest absolute Gasteiger partial charge is 0.305 e. The number of aliphatic carboxylic acids is 1. The largest absolute Gasteiger partial charge is 0.481 e. The summed E-state index contributed by atoms with van der Waals surface area (Å²) in [6.45, 7) is 1.89. The number of hydrogen-bond acceptors (Lipinski definition) is 2. The second-order valence-electron chi connectivity index (χ2n) is 6.50. The lowest BCUT2D eigenvalue weighted by Gasteiger charge is -2.21.